The summed E-state index contributed by atoms with van der Waals surface area (Å²) in [6.07, 6.45) is -7.22. The summed E-state index contributed by atoms with van der Waals surface area (Å²) in [5, 5.41) is 7.12. The summed E-state index contributed by atoms with van der Waals surface area (Å²) in [6, 6.07) is 0. The highest BCUT2D eigenvalue weighted by Crippen LogP contribution is 2.19. The second-order valence-electron chi connectivity index (χ2n) is 3.06. The van der Waals surface area contributed by atoms with E-state index in [0.717, 1.165) is 0 Å². The first-order valence-electron chi connectivity index (χ1n) is 3.73. The number of sulfonamides is 1. The van der Waals surface area contributed by atoms with E-state index < -0.39 is 43.8 Å². The molecule has 0 aliphatic rings. The topological polar surface area (TPSA) is 101 Å². The molecule has 0 saturated heterocycles. The number of nitrogens with one attached hydrogen (secondary N) is 1. The van der Waals surface area contributed by atoms with Gasteiger partial charge in [-0.15, -0.1) is 0 Å². The molecule has 1 unspecified atom stereocenters. The zero-order valence-electron chi connectivity index (χ0n) is 8.02. The van der Waals surface area contributed by atoms with Gasteiger partial charge >= 0.3 is 6.18 Å². The van der Waals surface area contributed by atoms with Crippen molar-refractivity contribution >= 4 is 19.9 Å². The van der Waals surface area contributed by atoms with Crippen LogP contribution in [0.15, 0.2) is 0 Å². The van der Waals surface area contributed by atoms with Crippen molar-refractivity contribution in [3.05, 3.63) is 0 Å². The number of rotatable bonds is 5. The highest BCUT2D eigenvalue weighted by molar-refractivity contribution is 8.06. The van der Waals surface area contributed by atoms with E-state index in [2.05, 4.69) is 0 Å². The molecule has 1 atom stereocenters. The van der Waals surface area contributed by atoms with Gasteiger partial charge in [-0.3, -0.25) is 0 Å². The summed E-state index contributed by atoms with van der Waals surface area (Å²) in [5.41, 5.74) is 0. The Morgan fingerprint density at radius 2 is 1.69 bits per heavy atom. The lowest BCUT2D eigenvalue weighted by atomic mass is 10.4. The van der Waals surface area contributed by atoms with Crippen LogP contribution in [0, 0.1) is 0 Å². The molecule has 0 spiro atoms. The monoisotopic (exact) mass is 285 g/mol. The zero-order chi connectivity index (χ0) is 13.2. The fourth-order valence-electron chi connectivity index (χ4n) is 0.645. The van der Waals surface area contributed by atoms with Gasteiger partial charge in [0, 0.05) is 12.8 Å². The van der Waals surface area contributed by atoms with Gasteiger partial charge in [-0.1, -0.05) is 0 Å². The maximum absolute atomic E-state index is 11.8. The number of hydrogen-bond acceptors (Lipinski definition) is 5. The van der Waals surface area contributed by atoms with Crippen molar-refractivity contribution in [1.82, 2.24) is 4.72 Å². The van der Waals surface area contributed by atoms with Crippen LogP contribution in [0.5, 0.6) is 0 Å². The van der Waals surface area contributed by atoms with Gasteiger partial charge in [0.05, 0.1) is 0 Å². The number of halogens is 3. The summed E-state index contributed by atoms with van der Waals surface area (Å²) in [6.45, 7) is -1.32. The van der Waals surface area contributed by atoms with E-state index in [9.17, 15) is 30.0 Å². The molecule has 0 fully saturated rings. The van der Waals surface area contributed by atoms with Crippen LogP contribution in [-0.4, -0.2) is 52.1 Å². The Bertz CT molecular complexity index is 425. The van der Waals surface area contributed by atoms with Gasteiger partial charge in [0.1, 0.15) is 0 Å². The van der Waals surface area contributed by atoms with E-state index in [0.29, 0.717) is 6.26 Å². The molecule has 0 saturated carbocycles. The van der Waals surface area contributed by atoms with Crippen molar-refractivity contribution in [3.8, 4) is 0 Å². The number of alkyl halides is 3. The van der Waals surface area contributed by atoms with E-state index in [1.54, 1.807) is 0 Å². The summed E-state index contributed by atoms with van der Waals surface area (Å²) in [5.74, 6) is 0. The van der Waals surface area contributed by atoms with Crippen molar-refractivity contribution in [2.75, 3.05) is 17.9 Å². The van der Waals surface area contributed by atoms with Gasteiger partial charge in [0.15, 0.2) is 21.0 Å². The predicted octanol–water partition coefficient (Wildman–Crippen LogP) is -1.17. The molecule has 98 valence electrons. The van der Waals surface area contributed by atoms with Gasteiger partial charge in [-0.25, -0.2) is 21.6 Å². The van der Waals surface area contributed by atoms with E-state index in [1.807, 2.05) is 0 Å². The molecule has 0 heterocycles. The third kappa shape index (κ3) is 6.98. The third-order valence-electron chi connectivity index (χ3n) is 1.24. The van der Waals surface area contributed by atoms with Gasteiger partial charge in [-0.2, -0.15) is 13.2 Å². The lowest BCUT2D eigenvalue weighted by Gasteiger charge is -2.14. The first-order valence-corrected chi connectivity index (χ1v) is 7.44. The smallest absolute Gasteiger partial charge is 0.382 e. The number of sulfone groups is 1. The maximum atomic E-state index is 11.8. The fraction of sp³-hybridized carbons (Fsp3) is 1.00. The lowest BCUT2D eigenvalue weighted by molar-refractivity contribution is -0.200. The van der Waals surface area contributed by atoms with E-state index in [1.165, 1.54) is 4.72 Å². The van der Waals surface area contributed by atoms with Crippen LogP contribution in [0.4, 0.5) is 13.2 Å². The standard InChI is InChI=1S/C5H10F3NO5S2/c1-15(11,12)3-16(13,14)9-2-4(10)5(6,7)8/h4,9-10H,2-3H2,1H3. The van der Waals surface area contributed by atoms with Crippen molar-refractivity contribution in [1.29, 1.82) is 0 Å². The molecule has 0 aromatic carbocycles. The van der Waals surface area contributed by atoms with E-state index in [-0.39, 0.29) is 0 Å². The molecule has 0 aliphatic carbocycles. The van der Waals surface area contributed by atoms with E-state index >= 15 is 0 Å². The van der Waals surface area contributed by atoms with Crippen molar-refractivity contribution in [3.63, 3.8) is 0 Å². The first kappa shape index (κ1) is 15.6. The van der Waals surface area contributed by atoms with Crippen LogP contribution < -0.4 is 4.72 Å². The first-order chi connectivity index (χ1) is 6.83. The van der Waals surface area contributed by atoms with Crippen LogP contribution in [0.1, 0.15) is 0 Å². The normalized spacial score (nSPS) is 16.1. The number of aliphatic hydroxyl groups excluding tert-OH is 1. The second-order valence-corrected chi connectivity index (χ2v) is 7.38. The lowest BCUT2D eigenvalue weighted by Crippen LogP contribution is -2.42. The molecule has 6 nitrogen and oxygen atoms in total. The van der Waals surface area contributed by atoms with Crippen molar-refractivity contribution in [2.24, 2.45) is 0 Å². The molecular formula is C5H10F3NO5S2. The Balaban J connectivity index is 4.43. The molecule has 0 aromatic rings. The van der Waals surface area contributed by atoms with Gasteiger partial charge < -0.3 is 5.11 Å². The molecule has 0 bridgehead atoms. The molecule has 0 aliphatic heterocycles. The van der Waals surface area contributed by atoms with Crippen LogP contribution in [0.2, 0.25) is 0 Å². The predicted molar refractivity (Wildman–Crippen MR) is 48.7 cm³/mol. The summed E-state index contributed by atoms with van der Waals surface area (Å²) in [7, 11) is -8.27. The minimum absolute atomic E-state index is 0.617. The summed E-state index contributed by atoms with van der Waals surface area (Å²) in [4.78, 5) is 0. The SMILES string of the molecule is CS(=O)(=O)CS(=O)(=O)NCC(O)C(F)(F)F. The summed E-state index contributed by atoms with van der Waals surface area (Å²) < 4.78 is 79.6. The van der Waals surface area contributed by atoms with Crippen LogP contribution in [0.25, 0.3) is 0 Å². The minimum Gasteiger partial charge on any atom is -0.382 e. The van der Waals surface area contributed by atoms with Crippen molar-refractivity contribution in [2.45, 2.75) is 12.3 Å². The van der Waals surface area contributed by atoms with E-state index in [4.69, 9.17) is 5.11 Å². The number of hydrogen-bond donors (Lipinski definition) is 2. The quantitative estimate of drug-likeness (QED) is 0.663. The Morgan fingerprint density at radius 1 is 1.25 bits per heavy atom. The number of aliphatic hydroxyl groups is 1. The molecule has 11 heteroatoms. The molecule has 16 heavy (non-hydrogen) atoms. The van der Waals surface area contributed by atoms with Gasteiger partial charge in [0.25, 0.3) is 0 Å². The molecular weight excluding hydrogens is 275 g/mol. The molecule has 0 amide bonds. The highest BCUT2D eigenvalue weighted by Gasteiger charge is 2.38. The third-order valence-corrected chi connectivity index (χ3v) is 4.80. The second kappa shape index (κ2) is 4.85. The summed E-state index contributed by atoms with van der Waals surface area (Å²) >= 11 is 0. The van der Waals surface area contributed by atoms with Crippen LogP contribution in [0.3, 0.4) is 0 Å². The van der Waals surface area contributed by atoms with Gasteiger partial charge in [-0.05, 0) is 0 Å². The average Bonchev–Trinajstić information content (AvgIpc) is 1.93. The Morgan fingerprint density at radius 3 is 2.00 bits per heavy atom. The highest BCUT2D eigenvalue weighted by atomic mass is 32.3. The fourth-order valence-corrected chi connectivity index (χ4v) is 3.64. The zero-order valence-corrected chi connectivity index (χ0v) is 9.66. The molecule has 0 aromatic heterocycles. The Hall–Kier alpha value is -0.390. The Kier molecular flexibility index (Phi) is 4.74. The molecule has 0 rings (SSSR count). The van der Waals surface area contributed by atoms with Crippen molar-refractivity contribution < 1.29 is 35.1 Å². The molecule has 2 N–H and O–H groups in total. The van der Waals surface area contributed by atoms with Crippen LogP contribution >= 0.6 is 0 Å². The van der Waals surface area contributed by atoms with Crippen LogP contribution in [-0.2, 0) is 19.9 Å². The Labute approximate surface area is 90.4 Å². The van der Waals surface area contributed by atoms with Gasteiger partial charge in [0.2, 0.25) is 10.0 Å². The largest absolute Gasteiger partial charge is 0.415 e. The minimum atomic E-state index is -4.96. The maximum Gasteiger partial charge on any atom is 0.415 e. The molecule has 0 radical (unpaired) electrons. The average molecular weight is 285 g/mol.